The van der Waals surface area contributed by atoms with Crippen LogP contribution in [0.15, 0.2) is 0 Å². The van der Waals surface area contributed by atoms with Crippen LogP contribution in [0.1, 0.15) is 421 Å². The van der Waals surface area contributed by atoms with E-state index in [0.717, 1.165) is 234 Å². The number of hydrogen-bond donors (Lipinski definition) is 2. The monoisotopic (exact) mass is 2270 g/mol. The van der Waals surface area contributed by atoms with E-state index in [1.807, 2.05) is 0 Å². The summed E-state index contributed by atoms with van der Waals surface area (Å²) in [6.07, 6.45) is 61.4. The number of halogens is 6. The first kappa shape index (κ1) is 129. The largest absolute Gasteiger partial charge is 0.417 e. The molecule has 124 heavy (non-hydrogen) atoms. The minimum Gasteiger partial charge on any atom is -0.393 e. The Morgan fingerprint density at radius 3 is 0.879 bits per heavy atom. The SMILES string of the molecule is [CH2-]CC1CCC(C2CCC(=O)CC2)CC1.[CH2-]CC1CCC(C2CCC(C)CC2)CC1.[CH2-]CC1CCC([C@@H]2CC[C@@H](C)C(=O)C2)CC1.[CH2-]CC1CCC([C@@H]2CC[C@@H](C)C(C(F)(F)F)C2)CC1.[CH2-]CC1CCC([C@@H]2CC[C@@H](C)C(C)C2)CC1.[CH2-]CC1CCC([C@@H]2CC[C@@H](C)C(O)(C(F)(F)F)C2)CC1.[CH2-]CC1CCC([C@@H]2CC[C@@H](C)C(O)C2)CC1.[Y].[Y].[Y].[Y].[Y].[Y].[Y]. The van der Waals surface area contributed by atoms with Crippen LogP contribution in [0.25, 0.3) is 0 Å². The first-order valence-electron chi connectivity index (χ1n) is 51.0. The van der Waals surface area contributed by atoms with E-state index in [0.29, 0.717) is 59.9 Å². The van der Waals surface area contributed by atoms with Gasteiger partial charge >= 0.3 is 12.4 Å². The zero-order valence-corrected chi connectivity index (χ0v) is 101. The van der Waals surface area contributed by atoms with E-state index in [4.69, 9.17) is 0 Å². The maximum Gasteiger partial charge on any atom is 0.417 e. The summed E-state index contributed by atoms with van der Waals surface area (Å²) < 4.78 is 78.6. The summed E-state index contributed by atoms with van der Waals surface area (Å²) >= 11 is 0. The molecule has 14 aliphatic carbocycles. The van der Waals surface area contributed by atoms with Crippen LogP contribution < -0.4 is 0 Å². The summed E-state index contributed by atoms with van der Waals surface area (Å²) in [7, 11) is 0. The summed E-state index contributed by atoms with van der Waals surface area (Å²) in [5.74, 6) is 19.5. The number of alkyl halides is 6. The quantitative estimate of drug-likeness (QED) is 0.134. The second kappa shape index (κ2) is 67.2. The maximum atomic E-state index is 13.2. The zero-order valence-electron chi connectivity index (χ0n) is 80.8. The molecule has 17 heteroatoms. The van der Waals surface area contributed by atoms with Gasteiger partial charge in [0.15, 0.2) is 5.60 Å². The molecular weight excluding hydrogens is 2090 g/mol. The second-order valence-corrected chi connectivity index (χ2v) is 44.0. The Bertz CT molecular complexity index is 2610. The van der Waals surface area contributed by atoms with E-state index in [2.05, 4.69) is 83.1 Å². The fourth-order valence-corrected chi connectivity index (χ4v) is 26.6. The van der Waals surface area contributed by atoms with Crippen molar-refractivity contribution in [2.24, 2.45) is 172 Å². The maximum absolute atomic E-state index is 13.2. The van der Waals surface area contributed by atoms with Crippen molar-refractivity contribution >= 4 is 11.6 Å². The molecule has 14 rings (SSSR count). The molecule has 4 nitrogen and oxygen atoms in total. The molecular formula is C107H183F6O4Y7-7. The number of aliphatic hydroxyl groups excluding tert-OH is 1. The van der Waals surface area contributed by atoms with E-state index in [9.17, 15) is 46.1 Å². The average Bonchev–Trinajstić information content (AvgIpc) is 0.767. The molecule has 0 heterocycles. The van der Waals surface area contributed by atoms with E-state index >= 15 is 0 Å². The number of carbonyl (C=O) groups excluding carboxylic acids is 2. The van der Waals surface area contributed by atoms with Gasteiger partial charge in [-0.25, -0.2) is 0 Å². The van der Waals surface area contributed by atoms with Crippen LogP contribution in [0.4, 0.5) is 26.3 Å². The molecule has 14 aliphatic rings. The smallest absolute Gasteiger partial charge is 0.393 e. The van der Waals surface area contributed by atoms with Crippen molar-refractivity contribution < 1.29 is 275 Å². The third kappa shape index (κ3) is 42.6. The number of hydrogen-bond acceptors (Lipinski definition) is 4. The Labute approximate surface area is 938 Å². The van der Waals surface area contributed by atoms with Crippen molar-refractivity contribution in [2.45, 2.75) is 445 Å². The molecule has 14 atom stereocenters. The van der Waals surface area contributed by atoms with Gasteiger partial charge in [0.1, 0.15) is 11.6 Å². The van der Waals surface area contributed by atoms with Crippen molar-refractivity contribution in [3.8, 4) is 0 Å². The predicted octanol–water partition coefficient (Wildman–Crippen LogP) is 31.9. The first-order valence-corrected chi connectivity index (χ1v) is 51.0. The van der Waals surface area contributed by atoms with Crippen LogP contribution in [0.2, 0.25) is 0 Å². The molecule has 0 bridgehead atoms. The van der Waals surface area contributed by atoms with Crippen molar-refractivity contribution in [1.29, 1.82) is 0 Å². The number of rotatable bonds is 14. The molecule has 0 aromatic carbocycles. The van der Waals surface area contributed by atoms with Gasteiger partial charge in [0.25, 0.3) is 0 Å². The van der Waals surface area contributed by atoms with Crippen molar-refractivity contribution in [1.82, 2.24) is 0 Å². The van der Waals surface area contributed by atoms with Crippen LogP contribution in [0.5, 0.6) is 0 Å². The Balaban J connectivity index is 0.000000718. The molecule has 0 aromatic heterocycles. The van der Waals surface area contributed by atoms with Crippen molar-refractivity contribution in [3.05, 3.63) is 48.5 Å². The van der Waals surface area contributed by atoms with E-state index < -0.39 is 29.8 Å². The first-order chi connectivity index (χ1) is 55.9. The van der Waals surface area contributed by atoms with Gasteiger partial charge in [0.2, 0.25) is 0 Å². The van der Waals surface area contributed by atoms with Crippen LogP contribution in [-0.4, -0.2) is 45.8 Å². The average molecular weight is 2270 g/mol. The Kier molecular flexibility index (Phi) is 69.6. The summed E-state index contributed by atoms with van der Waals surface area (Å²) in [5.41, 5.74) is -2.47. The second-order valence-electron chi connectivity index (χ2n) is 44.0. The number of carbonyl (C=O) groups is 2. The van der Waals surface area contributed by atoms with Gasteiger partial charge in [0, 0.05) is 254 Å². The zero-order chi connectivity index (χ0) is 85.0. The molecule has 14 fully saturated rings. The van der Waals surface area contributed by atoms with Crippen LogP contribution in [0.3, 0.4) is 0 Å². The molecule has 7 radical (unpaired) electrons. The third-order valence-corrected chi connectivity index (χ3v) is 36.7. The third-order valence-electron chi connectivity index (χ3n) is 36.7. The molecule has 705 valence electrons. The van der Waals surface area contributed by atoms with Crippen molar-refractivity contribution in [2.75, 3.05) is 0 Å². The molecule has 0 saturated heterocycles. The van der Waals surface area contributed by atoms with Gasteiger partial charge in [-0.2, -0.15) is 71.3 Å². The molecule has 0 aliphatic heterocycles. The number of Topliss-reactive ketones (excluding diaryl/α,β-unsaturated/α-hetero) is 2. The van der Waals surface area contributed by atoms with Gasteiger partial charge < -0.3 is 58.7 Å². The predicted molar refractivity (Wildman–Crippen MR) is 479 cm³/mol. The van der Waals surface area contributed by atoms with Gasteiger partial charge in [-0.3, -0.25) is 9.59 Å². The summed E-state index contributed by atoms with van der Waals surface area (Å²) in [4.78, 5) is 22.9. The Hall–Kier alpha value is 6.57. The Morgan fingerprint density at radius 2 is 0.565 bits per heavy atom. The Morgan fingerprint density at radius 1 is 0.298 bits per heavy atom. The van der Waals surface area contributed by atoms with Gasteiger partial charge in [-0.15, -0.1) is 0 Å². The van der Waals surface area contributed by atoms with Crippen LogP contribution in [0, 0.1) is 220 Å². The van der Waals surface area contributed by atoms with Crippen molar-refractivity contribution in [3.63, 3.8) is 0 Å². The van der Waals surface area contributed by atoms with Crippen LogP contribution >= 0.6 is 0 Å². The van der Waals surface area contributed by atoms with Gasteiger partial charge in [-0.1, -0.05) is 276 Å². The number of aliphatic hydroxyl groups is 2. The molecule has 14 saturated carbocycles. The summed E-state index contributed by atoms with van der Waals surface area (Å²) in [6.45, 7) is 43.0. The normalized spacial score (nSPS) is 39.7. The van der Waals surface area contributed by atoms with Gasteiger partial charge in [-0.05, 0) is 240 Å². The minimum absolute atomic E-state index is 0. The summed E-state index contributed by atoms with van der Waals surface area (Å²) in [6, 6.07) is 0. The topological polar surface area (TPSA) is 74.6 Å². The molecule has 2 N–H and O–H groups in total. The fourth-order valence-electron chi connectivity index (χ4n) is 26.6. The molecule has 0 aromatic rings. The van der Waals surface area contributed by atoms with E-state index in [1.165, 1.54) is 238 Å². The molecule has 0 amide bonds. The fraction of sp³-hybridized carbons (Fsp3) is 0.916. The molecule has 0 spiro atoms. The number of ketones is 2. The molecule has 4 unspecified atom stereocenters. The van der Waals surface area contributed by atoms with E-state index in [1.54, 1.807) is 6.92 Å². The van der Waals surface area contributed by atoms with E-state index in [-0.39, 0.29) is 253 Å². The minimum atomic E-state index is -4.50. The standard InChI is InChI=1S/C16H26F3O.C16H26F3.C16H29.C15H27O.C15H25O.C15H27.C14H23O.7Y/c1-3-12-5-8-13(9-6-12)14-7-4-11(2)15(20,10-14)16(17,18)19;1-3-12-5-8-13(9-6-12)14-7-4-11(2)15(10-14)16(17,18)19;1-4-14-6-9-15(10-7-14)16-8-5-12(2)13(3)11-16;2*1-3-12-5-8-13(9-6-12)14-7-4-11(2)15(16)10-14;1-3-13-6-10-15(11-7-13)14-8-4-12(2)5-9-14;1-2-11-3-5-12(6-4-11)13-7-9-14(15)10-8-13;;;;;;;/h11-14,20H,1,3-10H2,2H3;11-15H,1,3-10H2,2H3;12-16H,1,4-11H2,2-3H3;11-16H,1,3-10H2,2H3;11-14H,1,3-10H2,2H3;12-15H,1,3-11H2,2H3;11-13H,1-10H2;;;;;;;/q7*-1;;;;;;;/t2*11-,12?,13?,14-,15?;12-,13?,14?,15?,16-;11-,12?,13?,14-,15?;11-,12?,13?,14-;;;;;;;;;/m11111........./s1. The summed E-state index contributed by atoms with van der Waals surface area (Å²) in [5, 5.41) is 20.1. The van der Waals surface area contributed by atoms with Crippen LogP contribution in [-0.2, 0) is 239 Å². The van der Waals surface area contributed by atoms with Gasteiger partial charge in [0.05, 0.1) is 12.0 Å².